The van der Waals surface area contributed by atoms with E-state index in [0.29, 0.717) is 21.8 Å². The highest BCUT2D eigenvalue weighted by molar-refractivity contribution is 6.30. The first-order valence-corrected chi connectivity index (χ1v) is 13.7. The summed E-state index contributed by atoms with van der Waals surface area (Å²) >= 11 is 6.14. The van der Waals surface area contributed by atoms with Crippen LogP contribution in [0.1, 0.15) is 43.4 Å². The van der Waals surface area contributed by atoms with Gasteiger partial charge in [0.25, 0.3) is 5.69 Å². The van der Waals surface area contributed by atoms with E-state index in [1.165, 1.54) is 24.3 Å². The maximum atomic E-state index is 14.7. The third kappa shape index (κ3) is 3.58. The minimum Gasteiger partial charge on any atom is -0.358 e. The summed E-state index contributed by atoms with van der Waals surface area (Å²) < 4.78 is 0. The third-order valence-electron chi connectivity index (χ3n) is 8.59. The number of rotatable bonds is 5. The molecule has 0 aliphatic carbocycles. The van der Waals surface area contributed by atoms with E-state index in [1.807, 2.05) is 42.5 Å². The number of Topliss-reactive ketones (excluding diaryl/α,β-unsaturated/α-hetero) is 2. The number of hydrogen-bond donors (Lipinski definition) is 1. The van der Waals surface area contributed by atoms with E-state index in [-0.39, 0.29) is 17.2 Å². The van der Waals surface area contributed by atoms with Crippen molar-refractivity contribution in [2.24, 2.45) is 5.92 Å². The van der Waals surface area contributed by atoms with Crippen LogP contribution in [0.25, 0.3) is 6.08 Å². The van der Waals surface area contributed by atoms with Gasteiger partial charge in [0.2, 0.25) is 5.91 Å². The molecule has 0 unspecified atom stereocenters. The van der Waals surface area contributed by atoms with Crippen LogP contribution in [-0.2, 0) is 10.2 Å². The number of non-ortho nitro benzene ring substituents is 1. The van der Waals surface area contributed by atoms with Crippen molar-refractivity contribution >= 4 is 46.5 Å². The summed E-state index contributed by atoms with van der Waals surface area (Å²) in [5.41, 5.74) is 1.52. The highest BCUT2D eigenvalue weighted by atomic mass is 35.5. The number of nitrogens with one attached hydrogen (secondary N) is 1. The second-order valence-corrected chi connectivity index (χ2v) is 11.1. The molecule has 0 aromatic heterocycles. The predicted octanol–water partition coefficient (Wildman–Crippen LogP) is 6.23. The largest absolute Gasteiger partial charge is 0.358 e. The highest BCUT2D eigenvalue weighted by Gasteiger charge is 2.70. The number of carbonyl (C=O) groups excluding carboxylic acids is 3. The first-order valence-electron chi connectivity index (χ1n) is 13.4. The third-order valence-corrected chi connectivity index (χ3v) is 8.84. The molecule has 0 saturated carbocycles. The minimum absolute atomic E-state index is 0.0813. The number of para-hydroxylation sites is 1. The lowest BCUT2D eigenvalue weighted by atomic mass is 9.62. The average Bonchev–Trinajstić information content (AvgIpc) is 3.49. The number of nitro benzene ring substituents is 1. The maximum Gasteiger partial charge on any atom is 0.270 e. The number of amides is 1. The number of hydrogen-bond acceptors (Lipinski definition) is 6. The van der Waals surface area contributed by atoms with Crippen LogP contribution in [0.15, 0.2) is 103 Å². The molecule has 1 fully saturated rings. The smallest absolute Gasteiger partial charge is 0.270 e. The van der Waals surface area contributed by atoms with Crippen molar-refractivity contribution in [3.63, 3.8) is 0 Å². The Kier molecular flexibility index (Phi) is 5.85. The van der Waals surface area contributed by atoms with Gasteiger partial charge in [-0.1, -0.05) is 66.2 Å². The zero-order valence-electron chi connectivity index (χ0n) is 21.9. The summed E-state index contributed by atoms with van der Waals surface area (Å²) in [6.45, 7) is 0. The van der Waals surface area contributed by atoms with Crippen molar-refractivity contribution in [1.29, 1.82) is 0 Å². The van der Waals surface area contributed by atoms with Crippen molar-refractivity contribution in [2.45, 2.75) is 17.5 Å². The maximum absolute atomic E-state index is 14.7. The van der Waals surface area contributed by atoms with Crippen molar-refractivity contribution in [1.82, 2.24) is 4.90 Å². The normalized spacial score (nSPS) is 23.2. The van der Waals surface area contributed by atoms with Crippen LogP contribution in [0.3, 0.4) is 0 Å². The molecule has 1 saturated heterocycles. The van der Waals surface area contributed by atoms with E-state index in [4.69, 9.17) is 11.6 Å². The Morgan fingerprint density at radius 2 is 1.62 bits per heavy atom. The molecule has 0 radical (unpaired) electrons. The summed E-state index contributed by atoms with van der Waals surface area (Å²) in [6, 6.07) is 24.8. The van der Waals surface area contributed by atoms with Crippen molar-refractivity contribution in [3.05, 3.63) is 146 Å². The fourth-order valence-corrected chi connectivity index (χ4v) is 7.03. The van der Waals surface area contributed by atoms with Crippen LogP contribution >= 0.6 is 11.6 Å². The molecule has 7 rings (SSSR count). The Morgan fingerprint density at radius 1 is 0.881 bits per heavy atom. The van der Waals surface area contributed by atoms with Gasteiger partial charge in [0.15, 0.2) is 11.6 Å². The standard InChI is InChI=1S/C33H22ClN3O5/c34-22-14-12-20(13-15-22)29(38)27-28(30(39)21-7-5-8-23(18-21)37(41)42)36-17-16-19-6-1-2-9-24(19)31(36)33(27)25-10-3-4-11-26(25)35-32(33)40/h1-18,27-28,31H,(H,35,40)/t27-,28+,31-,33+/m0/s1. The minimum atomic E-state index is -1.49. The quantitative estimate of drug-likeness (QED) is 0.172. The molecule has 3 aliphatic rings. The second kappa shape index (κ2) is 9.49. The first kappa shape index (κ1) is 25.9. The fraction of sp³-hybridized carbons (Fsp3) is 0.121. The van der Waals surface area contributed by atoms with Gasteiger partial charge < -0.3 is 10.2 Å². The zero-order valence-corrected chi connectivity index (χ0v) is 22.7. The Bertz CT molecular complexity index is 1850. The molecular weight excluding hydrogens is 554 g/mol. The average molecular weight is 576 g/mol. The van der Waals surface area contributed by atoms with Crippen LogP contribution < -0.4 is 5.32 Å². The van der Waals surface area contributed by atoms with Gasteiger partial charge in [-0.05, 0) is 53.1 Å². The van der Waals surface area contributed by atoms with Gasteiger partial charge in [0.1, 0.15) is 11.5 Å². The number of fused-ring (bicyclic) bond motifs is 6. The lowest BCUT2D eigenvalue weighted by molar-refractivity contribution is -0.384. The molecule has 3 aliphatic heterocycles. The number of nitrogens with zero attached hydrogens (tertiary/aromatic N) is 2. The second-order valence-electron chi connectivity index (χ2n) is 10.6. The van der Waals surface area contributed by atoms with Crippen molar-refractivity contribution in [3.8, 4) is 0 Å². The molecule has 4 aromatic rings. The molecule has 206 valence electrons. The van der Waals surface area contributed by atoms with Gasteiger partial charge >= 0.3 is 0 Å². The number of ketones is 2. The summed E-state index contributed by atoms with van der Waals surface area (Å²) in [7, 11) is 0. The molecule has 8 nitrogen and oxygen atoms in total. The van der Waals surface area contributed by atoms with E-state index < -0.39 is 39.9 Å². The van der Waals surface area contributed by atoms with E-state index in [2.05, 4.69) is 5.32 Å². The van der Waals surface area contributed by atoms with Gasteiger partial charge in [-0.25, -0.2) is 0 Å². The van der Waals surface area contributed by atoms with E-state index in [1.54, 1.807) is 47.5 Å². The van der Waals surface area contributed by atoms with Crippen LogP contribution in [0.4, 0.5) is 11.4 Å². The Balaban J connectivity index is 1.53. The predicted molar refractivity (Wildman–Crippen MR) is 157 cm³/mol. The van der Waals surface area contributed by atoms with E-state index in [9.17, 15) is 24.5 Å². The van der Waals surface area contributed by atoms with Gasteiger partial charge in [-0.15, -0.1) is 0 Å². The number of nitro groups is 1. The van der Waals surface area contributed by atoms with Crippen molar-refractivity contribution in [2.75, 3.05) is 5.32 Å². The number of anilines is 1. The van der Waals surface area contributed by atoms with Crippen LogP contribution in [-0.4, -0.2) is 33.3 Å². The number of carbonyl (C=O) groups is 3. The molecule has 1 spiro atoms. The summed E-state index contributed by atoms with van der Waals surface area (Å²) in [6.07, 6.45) is 3.62. The molecule has 1 amide bonds. The molecule has 42 heavy (non-hydrogen) atoms. The summed E-state index contributed by atoms with van der Waals surface area (Å²) in [4.78, 5) is 56.5. The van der Waals surface area contributed by atoms with Gasteiger partial charge in [-0.2, -0.15) is 0 Å². The first-order chi connectivity index (χ1) is 20.3. The van der Waals surface area contributed by atoms with Gasteiger partial charge in [0, 0.05) is 40.2 Å². The molecule has 4 aromatic carbocycles. The lowest BCUT2D eigenvalue weighted by Crippen LogP contribution is -2.49. The van der Waals surface area contributed by atoms with Crippen LogP contribution in [0, 0.1) is 16.0 Å². The number of halogens is 1. The van der Waals surface area contributed by atoms with Crippen LogP contribution in [0.5, 0.6) is 0 Å². The highest BCUT2D eigenvalue weighted by Crippen LogP contribution is 2.62. The molecule has 9 heteroatoms. The Labute approximate surface area is 245 Å². The van der Waals surface area contributed by atoms with E-state index in [0.717, 1.165) is 11.1 Å². The Morgan fingerprint density at radius 3 is 2.40 bits per heavy atom. The fourth-order valence-electron chi connectivity index (χ4n) is 6.90. The molecule has 3 heterocycles. The SMILES string of the molecule is O=C(c1ccc(Cl)cc1)[C@@H]1[C@H](C(=O)c2cccc([N+](=O)[O-])c2)N2C=Cc3ccccc3[C@H]2[C@]12C(=O)Nc1ccccc12. The monoisotopic (exact) mass is 575 g/mol. The lowest BCUT2D eigenvalue weighted by Gasteiger charge is -2.38. The molecule has 1 N–H and O–H groups in total. The van der Waals surface area contributed by atoms with Gasteiger partial charge in [0.05, 0.1) is 16.9 Å². The van der Waals surface area contributed by atoms with E-state index >= 15 is 0 Å². The molecule has 4 atom stereocenters. The van der Waals surface area contributed by atoms with Gasteiger partial charge in [-0.3, -0.25) is 24.5 Å². The Hall–Kier alpha value is -5.08. The summed E-state index contributed by atoms with van der Waals surface area (Å²) in [5.74, 6) is -2.46. The molecular formula is C33H22ClN3O5. The van der Waals surface area contributed by atoms with Crippen LogP contribution in [0.2, 0.25) is 5.02 Å². The summed E-state index contributed by atoms with van der Waals surface area (Å²) in [5, 5.41) is 15.0. The number of benzene rings is 4. The molecule has 0 bridgehead atoms. The zero-order chi connectivity index (χ0) is 29.2. The topological polar surface area (TPSA) is 110 Å². The van der Waals surface area contributed by atoms with Crippen molar-refractivity contribution < 1.29 is 19.3 Å².